The number of aromatic nitrogens is 1. The van der Waals surface area contributed by atoms with Crippen LogP contribution in [0, 0.1) is 12.7 Å². The normalized spacial score (nSPS) is 10.9. The van der Waals surface area contributed by atoms with Gasteiger partial charge in [-0.3, -0.25) is 14.3 Å². The molecule has 0 fully saturated rings. The number of carbonyl (C=O) groups is 1. The summed E-state index contributed by atoms with van der Waals surface area (Å²) in [4.78, 5) is 31.3. The number of nitrogens with zero attached hydrogens (tertiary/aromatic N) is 1. The lowest BCUT2D eigenvalue weighted by Gasteiger charge is -2.13. The maximum absolute atomic E-state index is 13.4. The topological polar surface area (TPSA) is 182 Å². The van der Waals surface area contributed by atoms with Gasteiger partial charge in [0.1, 0.15) is 18.1 Å². The van der Waals surface area contributed by atoms with E-state index in [2.05, 4.69) is 20.2 Å². The number of anilines is 1. The first-order chi connectivity index (χ1) is 14.1. The van der Waals surface area contributed by atoms with Crippen LogP contribution in [0.15, 0.2) is 45.2 Å². The van der Waals surface area contributed by atoms with E-state index in [0.717, 1.165) is 12.1 Å². The molecule has 0 aliphatic carbocycles. The van der Waals surface area contributed by atoms with Crippen molar-refractivity contribution >= 4 is 27.6 Å². The first kappa shape index (κ1) is 22.7. The van der Waals surface area contributed by atoms with Crippen LogP contribution in [0.1, 0.15) is 11.3 Å². The molecule has 0 atom stereocenters. The number of H-pyrrole nitrogens is 1. The maximum atomic E-state index is 13.4. The van der Waals surface area contributed by atoms with Crippen LogP contribution in [0.2, 0.25) is 0 Å². The lowest BCUT2D eigenvalue weighted by Crippen LogP contribution is -2.30. The van der Waals surface area contributed by atoms with E-state index in [4.69, 9.17) is 16.3 Å². The summed E-state index contributed by atoms with van der Waals surface area (Å²) in [5.74, 6) is -1.52. The molecular formula is C17H21FN6O5S. The third-order valence-electron chi connectivity index (χ3n) is 3.63. The number of sulfonamides is 1. The highest BCUT2D eigenvalue weighted by Gasteiger charge is 2.20. The van der Waals surface area contributed by atoms with E-state index in [9.17, 15) is 22.4 Å². The number of nitrogens with two attached hydrogens (primary N) is 2. The molecule has 1 aromatic heterocycles. The summed E-state index contributed by atoms with van der Waals surface area (Å²) in [6.07, 6.45) is -0.298. The molecule has 1 heterocycles. The van der Waals surface area contributed by atoms with Crippen molar-refractivity contribution in [2.45, 2.75) is 18.2 Å². The van der Waals surface area contributed by atoms with E-state index < -0.39 is 27.3 Å². The molecule has 0 bridgehead atoms. The molecule has 7 N–H and O–H groups in total. The molecule has 11 nitrogen and oxygen atoms in total. The van der Waals surface area contributed by atoms with Gasteiger partial charge in [0.15, 0.2) is 0 Å². The number of guanidine groups is 1. The number of halogens is 1. The fourth-order valence-corrected chi connectivity index (χ4v) is 3.56. The van der Waals surface area contributed by atoms with Gasteiger partial charge >= 0.3 is 0 Å². The molecule has 1 aromatic carbocycles. The van der Waals surface area contributed by atoms with Crippen LogP contribution < -0.4 is 27.1 Å². The fourth-order valence-electron chi connectivity index (χ4n) is 2.43. The lowest BCUT2D eigenvalue weighted by molar-refractivity contribution is -0.120. The summed E-state index contributed by atoms with van der Waals surface area (Å²) in [5, 5.41) is 5.81. The van der Waals surface area contributed by atoms with E-state index in [1.165, 1.54) is 18.2 Å². The summed E-state index contributed by atoms with van der Waals surface area (Å²) in [6.45, 7) is 1.65. The largest absolute Gasteiger partial charge is 0.391 e. The Balaban J connectivity index is 2.18. The number of amides is 1. The van der Waals surface area contributed by atoms with Gasteiger partial charge in [0.2, 0.25) is 11.9 Å². The molecule has 0 unspecified atom stereocenters. The molecule has 2 aromatic rings. The number of benzene rings is 1. The van der Waals surface area contributed by atoms with Gasteiger partial charge in [-0.2, -0.15) is 0 Å². The van der Waals surface area contributed by atoms with Gasteiger partial charge in [-0.25, -0.2) is 12.8 Å². The van der Waals surface area contributed by atoms with Gasteiger partial charge in [0, 0.05) is 5.69 Å². The Labute approximate surface area is 171 Å². The zero-order chi connectivity index (χ0) is 22.3. The van der Waals surface area contributed by atoms with E-state index in [0.29, 0.717) is 5.69 Å². The van der Waals surface area contributed by atoms with E-state index in [1.54, 1.807) is 6.92 Å². The quantitative estimate of drug-likeness (QED) is 0.150. The maximum Gasteiger partial charge on any atom is 0.272 e. The van der Waals surface area contributed by atoms with Gasteiger partial charge in [0.25, 0.3) is 15.6 Å². The molecule has 0 radical (unpaired) electrons. The van der Waals surface area contributed by atoms with E-state index in [1.807, 2.05) is 0 Å². The molecular weight excluding hydrogens is 419 g/mol. The first-order valence-corrected chi connectivity index (χ1v) is 10.1. The van der Waals surface area contributed by atoms with Crippen molar-refractivity contribution in [2.24, 2.45) is 16.6 Å². The number of aromatic amines is 1. The molecule has 0 aliphatic heterocycles. The second-order valence-electron chi connectivity index (χ2n) is 6.12. The Morgan fingerprint density at radius 3 is 2.70 bits per heavy atom. The number of rotatable bonds is 9. The smallest absolute Gasteiger partial charge is 0.272 e. The van der Waals surface area contributed by atoms with Crippen molar-refractivity contribution in [3.8, 4) is 0 Å². The van der Waals surface area contributed by atoms with Crippen LogP contribution in [0.25, 0.3) is 0 Å². The van der Waals surface area contributed by atoms with Gasteiger partial charge in [0.05, 0.1) is 17.9 Å². The van der Waals surface area contributed by atoms with Crippen molar-refractivity contribution in [2.75, 3.05) is 17.9 Å². The lowest BCUT2D eigenvalue weighted by atomic mass is 10.1. The van der Waals surface area contributed by atoms with Crippen LogP contribution in [-0.4, -0.2) is 38.4 Å². The molecule has 0 saturated heterocycles. The van der Waals surface area contributed by atoms with Crippen LogP contribution >= 0.6 is 0 Å². The Bertz CT molecular complexity index is 1110. The first-order valence-electron chi connectivity index (χ1n) is 8.57. The Morgan fingerprint density at radius 2 is 2.03 bits per heavy atom. The average Bonchev–Trinajstić information content (AvgIpc) is 2.64. The number of aryl methyl sites for hydroxylation is 1. The zero-order valence-electron chi connectivity index (χ0n) is 15.9. The van der Waals surface area contributed by atoms with Crippen molar-refractivity contribution in [1.82, 2.24) is 10.3 Å². The number of hydrogen-bond acceptors (Lipinski definition) is 6. The molecule has 0 aliphatic rings. The van der Waals surface area contributed by atoms with Crippen LogP contribution in [0.4, 0.5) is 10.1 Å². The molecule has 13 heteroatoms. The summed E-state index contributed by atoms with van der Waals surface area (Å²) < 4.78 is 40.6. The van der Waals surface area contributed by atoms with Crippen LogP contribution in [0.5, 0.6) is 0 Å². The highest BCUT2D eigenvalue weighted by Crippen LogP contribution is 2.18. The van der Waals surface area contributed by atoms with Crippen molar-refractivity contribution in [3.05, 3.63) is 57.8 Å². The molecule has 30 heavy (non-hydrogen) atoms. The predicted octanol–water partition coefficient (Wildman–Crippen LogP) is -0.513. The SMILES string of the molecule is Cc1cc(CC(=O)NCCON=C(N)N)c(NS(=O)(=O)c2cccc(F)c2)c(=O)[nH]1. The third-order valence-corrected chi connectivity index (χ3v) is 4.98. The summed E-state index contributed by atoms with van der Waals surface area (Å²) in [6, 6.07) is 5.76. The zero-order valence-corrected chi connectivity index (χ0v) is 16.8. The summed E-state index contributed by atoms with van der Waals surface area (Å²) in [5.41, 5.74) is 9.66. The molecule has 162 valence electrons. The van der Waals surface area contributed by atoms with Crippen molar-refractivity contribution in [1.29, 1.82) is 0 Å². The second kappa shape index (κ2) is 9.73. The minimum absolute atomic E-state index is 0.00288. The number of pyridine rings is 1. The minimum atomic E-state index is -4.26. The van der Waals surface area contributed by atoms with Gasteiger partial charge < -0.3 is 26.6 Å². The van der Waals surface area contributed by atoms with Crippen LogP contribution in [0.3, 0.4) is 0 Å². The van der Waals surface area contributed by atoms with Crippen LogP contribution in [-0.2, 0) is 26.1 Å². The second-order valence-corrected chi connectivity index (χ2v) is 7.80. The molecule has 2 rings (SSSR count). The van der Waals surface area contributed by atoms with Gasteiger partial charge in [-0.1, -0.05) is 6.07 Å². The Hall–Kier alpha value is -3.61. The highest BCUT2D eigenvalue weighted by molar-refractivity contribution is 7.92. The van der Waals surface area contributed by atoms with Gasteiger partial charge in [-0.15, -0.1) is 0 Å². The highest BCUT2D eigenvalue weighted by atomic mass is 32.2. The minimum Gasteiger partial charge on any atom is -0.391 e. The number of carbonyl (C=O) groups excluding carboxylic acids is 1. The predicted molar refractivity (Wildman–Crippen MR) is 107 cm³/mol. The Morgan fingerprint density at radius 1 is 1.30 bits per heavy atom. The molecule has 0 saturated carbocycles. The Kier molecular flexibility index (Phi) is 7.36. The molecule has 0 spiro atoms. The van der Waals surface area contributed by atoms with Crippen molar-refractivity contribution in [3.63, 3.8) is 0 Å². The summed E-state index contributed by atoms with van der Waals surface area (Å²) in [7, 11) is -4.26. The number of nitrogens with one attached hydrogen (secondary N) is 3. The monoisotopic (exact) mass is 440 g/mol. The third kappa shape index (κ3) is 6.48. The van der Waals surface area contributed by atoms with Crippen molar-refractivity contribution < 1.29 is 22.4 Å². The number of hydrogen-bond donors (Lipinski definition) is 5. The number of oxime groups is 1. The summed E-state index contributed by atoms with van der Waals surface area (Å²) >= 11 is 0. The van der Waals surface area contributed by atoms with E-state index >= 15 is 0 Å². The standard InChI is InChI=1S/C17H21FN6O5S/c1-10-7-11(8-14(25)21-5-6-29-23-17(19)20)15(16(26)22-10)24-30(27,28)13-4-2-3-12(18)9-13/h2-4,7,9,24H,5-6,8H2,1H3,(H,21,25)(H,22,26)(H4,19,20,23). The van der Waals surface area contributed by atoms with Gasteiger partial charge in [-0.05, 0) is 41.9 Å². The fraction of sp³-hybridized carbons (Fsp3) is 0.235. The average molecular weight is 440 g/mol. The molecule has 1 amide bonds. The van der Waals surface area contributed by atoms with E-state index in [-0.39, 0.29) is 41.7 Å².